The fourth-order valence-corrected chi connectivity index (χ4v) is 0.620. The Hall–Kier alpha value is -0.830. The average Bonchev–Trinajstić information content (AvgIpc) is 1.90. The van der Waals surface area contributed by atoms with Gasteiger partial charge in [-0.15, -0.1) is 0 Å². The van der Waals surface area contributed by atoms with E-state index in [1.54, 1.807) is 12.3 Å². The molecule has 0 atom stereocenters. The number of rotatable bonds is 1. The smallest absolute Gasteiger partial charge is 0.116 e. The van der Waals surface area contributed by atoms with Gasteiger partial charge in [0.2, 0.25) is 0 Å². The van der Waals surface area contributed by atoms with Crippen LogP contribution in [0.2, 0.25) is 0 Å². The third-order valence-corrected chi connectivity index (χ3v) is 1.15. The van der Waals surface area contributed by atoms with Gasteiger partial charge in [0.1, 0.15) is 6.33 Å². The van der Waals surface area contributed by atoms with Gasteiger partial charge in [-0.2, -0.15) is 0 Å². The Morgan fingerprint density at radius 2 is 2.44 bits per heavy atom. The molecule has 0 amide bonds. The lowest BCUT2D eigenvalue weighted by molar-refractivity contribution is 1.15. The molecule has 0 N–H and O–H groups in total. The largest absolute Gasteiger partial charge is 0.245 e. The van der Waals surface area contributed by atoms with E-state index < -0.39 is 0 Å². The Kier molecular flexibility index (Phi) is 1.85. The summed E-state index contributed by atoms with van der Waals surface area (Å²) >= 11 is 4.87. The predicted molar refractivity (Wildman–Crippen MR) is 39.4 cm³/mol. The lowest BCUT2D eigenvalue weighted by atomic mass is 10.3. The third kappa shape index (κ3) is 1.54. The first kappa shape index (κ1) is 6.29. The van der Waals surface area contributed by atoms with Gasteiger partial charge in [-0.25, -0.2) is 9.97 Å². The van der Waals surface area contributed by atoms with Crippen LogP contribution in [0.1, 0.15) is 12.6 Å². The van der Waals surface area contributed by atoms with Crippen LogP contribution in [0.4, 0.5) is 0 Å². The van der Waals surface area contributed by atoms with E-state index in [4.69, 9.17) is 12.2 Å². The van der Waals surface area contributed by atoms with E-state index in [1.165, 1.54) is 6.33 Å². The van der Waals surface area contributed by atoms with Crippen molar-refractivity contribution in [2.45, 2.75) is 6.92 Å². The van der Waals surface area contributed by atoms with Gasteiger partial charge >= 0.3 is 0 Å². The first-order chi connectivity index (χ1) is 4.30. The quantitative estimate of drug-likeness (QED) is 0.431. The van der Waals surface area contributed by atoms with Crippen molar-refractivity contribution >= 4 is 17.1 Å². The number of aromatic nitrogens is 2. The monoisotopic (exact) mass is 138 g/mol. The number of nitrogens with zero attached hydrogens (tertiary/aromatic N) is 2. The zero-order chi connectivity index (χ0) is 6.69. The van der Waals surface area contributed by atoms with Crippen LogP contribution in [-0.4, -0.2) is 14.8 Å². The van der Waals surface area contributed by atoms with Crippen molar-refractivity contribution in [2.75, 3.05) is 0 Å². The zero-order valence-electron chi connectivity index (χ0n) is 5.03. The third-order valence-electron chi connectivity index (χ3n) is 0.943. The van der Waals surface area contributed by atoms with Crippen molar-refractivity contribution < 1.29 is 0 Å². The van der Waals surface area contributed by atoms with Crippen LogP contribution >= 0.6 is 12.2 Å². The molecule has 0 saturated heterocycles. The summed E-state index contributed by atoms with van der Waals surface area (Å²) in [4.78, 5) is 8.49. The van der Waals surface area contributed by atoms with Crippen molar-refractivity contribution in [3.8, 4) is 0 Å². The molecule has 0 aliphatic carbocycles. The highest BCUT2D eigenvalue weighted by Gasteiger charge is 1.91. The number of hydrogen-bond donors (Lipinski definition) is 0. The van der Waals surface area contributed by atoms with Gasteiger partial charge in [-0.05, 0) is 13.0 Å². The molecular formula is C6H6N2S. The Balaban J connectivity index is 2.98. The van der Waals surface area contributed by atoms with E-state index in [9.17, 15) is 0 Å². The maximum absolute atomic E-state index is 4.87. The summed E-state index contributed by atoms with van der Waals surface area (Å²) in [6.45, 7) is 1.84. The molecule has 1 heterocycles. The molecule has 0 unspecified atom stereocenters. The fourth-order valence-electron chi connectivity index (χ4n) is 0.499. The molecule has 0 radical (unpaired) electrons. The van der Waals surface area contributed by atoms with E-state index in [2.05, 4.69) is 9.97 Å². The SMILES string of the molecule is CC(=S)c1ccncn1. The minimum atomic E-state index is 0.803. The molecule has 3 heteroatoms. The molecule has 1 aromatic heterocycles. The summed E-state index contributed by atoms with van der Waals surface area (Å²) in [5, 5.41) is 0. The average molecular weight is 138 g/mol. The van der Waals surface area contributed by atoms with Crippen LogP contribution in [-0.2, 0) is 0 Å². The molecule has 0 spiro atoms. The van der Waals surface area contributed by atoms with Gasteiger partial charge in [0.25, 0.3) is 0 Å². The van der Waals surface area contributed by atoms with E-state index in [0.29, 0.717) is 0 Å². The molecule has 0 aliphatic rings. The van der Waals surface area contributed by atoms with Crippen molar-refractivity contribution in [1.29, 1.82) is 0 Å². The highest BCUT2D eigenvalue weighted by molar-refractivity contribution is 7.80. The molecule has 1 aromatic rings. The first-order valence-corrected chi connectivity index (χ1v) is 2.98. The molecule has 2 nitrogen and oxygen atoms in total. The molecule has 0 aromatic carbocycles. The van der Waals surface area contributed by atoms with Gasteiger partial charge in [0, 0.05) is 11.1 Å². The van der Waals surface area contributed by atoms with Crippen molar-refractivity contribution in [3.05, 3.63) is 24.3 Å². The minimum Gasteiger partial charge on any atom is -0.245 e. The van der Waals surface area contributed by atoms with Crippen LogP contribution in [0.15, 0.2) is 18.6 Å². The summed E-state index contributed by atoms with van der Waals surface area (Å²) < 4.78 is 0. The summed E-state index contributed by atoms with van der Waals surface area (Å²) in [5.74, 6) is 0. The van der Waals surface area contributed by atoms with Crippen LogP contribution in [0.3, 0.4) is 0 Å². The van der Waals surface area contributed by atoms with Crippen LogP contribution < -0.4 is 0 Å². The molecule has 0 aliphatic heterocycles. The number of hydrogen-bond acceptors (Lipinski definition) is 3. The number of thiocarbonyl (C=S) groups is 1. The minimum absolute atomic E-state index is 0.803. The summed E-state index contributed by atoms with van der Waals surface area (Å²) in [5.41, 5.74) is 0.833. The molecule has 46 valence electrons. The molecular weight excluding hydrogens is 132 g/mol. The summed E-state index contributed by atoms with van der Waals surface area (Å²) in [6.07, 6.45) is 3.17. The lowest BCUT2D eigenvalue weighted by Gasteiger charge is -1.90. The second-order valence-corrected chi connectivity index (χ2v) is 2.26. The molecule has 0 bridgehead atoms. The Morgan fingerprint density at radius 1 is 1.67 bits per heavy atom. The molecule has 0 fully saturated rings. The maximum Gasteiger partial charge on any atom is 0.116 e. The van der Waals surface area contributed by atoms with E-state index in [1.807, 2.05) is 6.92 Å². The van der Waals surface area contributed by atoms with Crippen molar-refractivity contribution in [1.82, 2.24) is 9.97 Å². The van der Waals surface area contributed by atoms with Crippen molar-refractivity contribution in [2.24, 2.45) is 0 Å². The van der Waals surface area contributed by atoms with Crippen LogP contribution in [0.5, 0.6) is 0 Å². The van der Waals surface area contributed by atoms with Gasteiger partial charge in [0.05, 0.1) is 5.69 Å². The first-order valence-electron chi connectivity index (χ1n) is 2.57. The van der Waals surface area contributed by atoms with Crippen molar-refractivity contribution in [3.63, 3.8) is 0 Å². The van der Waals surface area contributed by atoms with E-state index in [0.717, 1.165) is 10.6 Å². The lowest BCUT2D eigenvalue weighted by Crippen LogP contribution is -1.93. The highest BCUT2D eigenvalue weighted by Crippen LogP contribution is 1.92. The van der Waals surface area contributed by atoms with Gasteiger partial charge in [0.15, 0.2) is 0 Å². The Labute approximate surface area is 59.0 Å². The molecule has 9 heavy (non-hydrogen) atoms. The Morgan fingerprint density at radius 3 is 2.78 bits per heavy atom. The zero-order valence-corrected chi connectivity index (χ0v) is 5.85. The molecule has 1 rings (SSSR count). The van der Waals surface area contributed by atoms with E-state index in [-0.39, 0.29) is 0 Å². The van der Waals surface area contributed by atoms with E-state index >= 15 is 0 Å². The topological polar surface area (TPSA) is 25.8 Å². The molecule has 0 saturated carbocycles. The normalized spacial score (nSPS) is 9.00. The van der Waals surface area contributed by atoms with Gasteiger partial charge < -0.3 is 0 Å². The maximum atomic E-state index is 4.87. The van der Waals surface area contributed by atoms with Crippen LogP contribution in [0, 0.1) is 0 Å². The van der Waals surface area contributed by atoms with Crippen LogP contribution in [0.25, 0.3) is 0 Å². The van der Waals surface area contributed by atoms with Gasteiger partial charge in [-0.1, -0.05) is 12.2 Å². The standard InChI is InChI=1S/C6H6N2S/c1-5(9)6-2-3-7-4-8-6/h2-4H,1H3. The fraction of sp³-hybridized carbons (Fsp3) is 0.167. The second kappa shape index (κ2) is 2.64. The second-order valence-electron chi connectivity index (χ2n) is 1.65. The van der Waals surface area contributed by atoms with Gasteiger partial charge in [-0.3, -0.25) is 0 Å². The summed E-state index contributed by atoms with van der Waals surface area (Å²) in [7, 11) is 0. The predicted octanol–water partition coefficient (Wildman–Crippen LogP) is 1.21. The Bertz CT molecular complexity index is 208. The highest BCUT2D eigenvalue weighted by atomic mass is 32.1. The summed E-state index contributed by atoms with van der Waals surface area (Å²) in [6, 6.07) is 1.79.